The van der Waals surface area contributed by atoms with Gasteiger partial charge < -0.3 is 5.73 Å². The molecule has 0 atom stereocenters. The lowest BCUT2D eigenvalue weighted by Gasteiger charge is -2.11. The number of nitrogens with one attached hydrogen (secondary N) is 1. The normalized spacial score (nSPS) is 11.3. The van der Waals surface area contributed by atoms with Crippen molar-refractivity contribution in [3.63, 3.8) is 0 Å². The van der Waals surface area contributed by atoms with Crippen LogP contribution in [-0.4, -0.2) is 13.4 Å². The molecule has 0 amide bonds. The van der Waals surface area contributed by atoms with Gasteiger partial charge in [-0.3, -0.25) is 9.71 Å². The Hall–Kier alpha value is -1.79. The van der Waals surface area contributed by atoms with Crippen LogP contribution in [0.5, 0.6) is 0 Å². The van der Waals surface area contributed by atoms with Crippen LogP contribution < -0.4 is 10.5 Å². The van der Waals surface area contributed by atoms with Crippen LogP contribution in [-0.2, 0) is 10.0 Å². The van der Waals surface area contributed by atoms with Crippen LogP contribution in [0.2, 0.25) is 5.02 Å². The van der Waals surface area contributed by atoms with E-state index < -0.39 is 10.0 Å². The summed E-state index contributed by atoms with van der Waals surface area (Å²) in [5, 5.41) is 0.334. The highest BCUT2D eigenvalue weighted by Crippen LogP contribution is 2.27. The number of benzene rings is 1. The largest absolute Gasteiger partial charge is 0.397 e. The summed E-state index contributed by atoms with van der Waals surface area (Å²) in [6.45, 7) is 1.66. The Bertz CT molecular complexity index is 702. The van der Waals surface area contributed by atoms with E-state index in [1.54, 1.807) is 19.1 Å². The molecule has 0 saturated carbocycles. The van der Waals surface area contributed by atoms with Gasteiger partial charge in [0.25, 0.3) is 10.0 Å². The zero-order valence-corrected chi connectivity index (χ0v) is 11.7. The molecule has 1 aromatic carbocycles. The van der Waals surface area contributed by atoms with Gasteiger partial charge in [-0.15, -0.1) is 0 Å². The minimum absolute atomic E-state index is 0.103. The molecular formula is C12H12ClN3O2S. The van der Waals surface area contributed by atoms with Crippen LogP contribution in [0.25, 0.3) is 0 Å². The first-order chi connectivity index (χ1) is 8.90. The molecule has 0 radical (unpaired) electrons. The lowest BCUT2D eigenvalue weighted by Crippen LogP contribution is -2.14. The molecule has 0 fully saturated rings. The Balaban J connectivity index is 2.43. The summed E-state index contributed by atoms with van der Waals surface area (Å²) in [6, 6.07) is 6.00. The molecule has 1 heterocycles. The molecule has 19 heavy (non-hydrogen) atoms. The second-order valence-corrected chi connectivity index (χ2v) is 6.04. The fourth-order valence-corrected chi connectivity index (χ4v) is 3.13. The topological polar surface area (TPSA) is 85.1 Å². The van der Waals surface area contributed by atoms with Crippen molar-refractivity contribution < 1.29 is 8.42 Å². The van der Waals surface area contributed by atoms with E-state index in [2.05, 4.69) is 9.71 Å². The number of sulfonamides is 1. The van der Waals surface area contributed by atoms with Crippen molar-refractivity contribution in [3.05, 3.63) is 47.2 Å². The van der Waals surface area contributed by atoms with Crippen molar-refractivity contribution in [2.24, 2.45) is 0 Å². The summed E-state index contributed by atoms with van der Waals surface area (Å²) >= 11 is 5.85. The zero-order valence-electron chi connectivity index (χ0n) is 10.1. The molecule has 1 aromatic heterocycles. The van der Waals surface area contributed by atoms with E-state index in [1.165, 1.54) is 24.5 Å². The van der Waals surface area contributed by atoms with Gasteiger partial charge in [0.15, 0.2) is 0 Å². The zero-order chi connectivity index (χ0) is 14.0. The maximum absolute atomic E-state index is 12.3. The van der Waals surface area contributed by atoms with Gasteiger partial charge in [-0.05, 0) is 36.8 Å². The maximum atomic E-state index is 12.3. The molecule has 0 aliphatic carbocycles. The monoisotopic (exact) mass is 297 g/mol. The summed E-state index contributed by atoms with van der Waals surface area (Å²) < 4.78 is 27.0. The molecule has 0 bridgehead atoms. The average molecular weight is 298 g/mol. The van der Waals surface area contributed by atoms with Crippen LogP contribution in [0, 0.1) is 6.92 Å². The molecule has 2 aromatic rings. The van der Waals surface area contributed by atoms with Gasteiger partial charge >= 0.3 is 0 Å². The molecule has 0 aliphatic rings. The first-order valence-corrected chi connectivity index (χ1v) is 7.25. The number of nitrogens with zero attached hydrogens (tertiary/aromatic N) is 1. The van der Waals surface area contributed by atoms with Crippen LogP contribution in [0.4, 0.5) is 11.4 Å². The number of aryl methyl sites for hydroxylation is 1. The fraction of sp³-hybridized carbons (Fsp3) is 0.0833. The predicted molar refractivity (Wildman–Crippen MR) is 75.6 cm³/mol. The van der Waals surface area contributed by atoms with Gasteiger partial charge in [-0.25, -0.2) is 8.42 Å². The Morgan fingerprint density at radius 1 is 1.26 bits per heavy atom. The average Bonchev–Trinajstić information content (AvgIpc) is 2.34. The van der Waals surface area contributed by atoms with Crippen LogP contribution in [0.15, 0.2) is 41.6 Å². The number of rotatable bonds is 3. The van der Waals surface area contributed by atoms with Crippen molar-refractivity contribution in [1.29, 1.82) is 0 Å². The second-order valence-electron chi connectivity index (χ2n) is 3.98. The smallest absolute Gasteiger partial charge is 0.262 e. The highest BCUT2D eigenvalue weighted by atomic mass is 35.5. The molecular weight excluding hydrogens is 286 g/mol. The minimum Gasteiger partial charge on any atom is -0.397 e. The second kappa shape index (κ2) is 5.07. The van der Waals surface area contributed by atoms with E-state index in [0.29, 0.717) is 16.3 Å². The summed E-state index contributed by atoms with van der Waals surface area (Å²) in [6.07, 6.45) is 3.00. The number of hydrogen-bond donors (Lipinski definition) is 2. The number of pyridine rings is 1. The maximum Gasteiger partial charge on any atom is 0.262 e. The van der Waals surface area contributed by atoms with Gasteiger partial charge in [0.05, 0.1) is 21.3 Å². The molecule has 5 nitrogen and oxygen atoms in total. The van der Waals surface area contributed by atoms with Crippen LogP contribution in [0.1, 0.15) is 5.56 Å². The van der Waals surface area contributed by atoms with E-state index in [1.807, 2.05) is 0 Å². The Kier molecular flexibility index (Phi) is 3.64. The number of aromatic nitrogens is 1. The van der Waals surface area contributed by atoms with Gasteiger partial charge in [-0.1, -0.05) is 11.6 Å². The van der Waals surface area contributed by atoms with Crippen molar-refractivity contribution in [2.45, 2.75) is 11.8 Å². The molecule has 100 valence electrons. The van der Waals surface area contributed by atoms with E-state index in [9.17, 15) is 8.42 Å². The van der Waals surface area contributed by atoms with Crippen LogP contribution in [0.3, 0.4) is 0 Å². The highest BCUT2D eigenvalue weighted by molar-refractivity contribution is 7.92. The lowest BCUT2D eigenvalue weighted by molar-refractivity contribution is 0.600. The van der Waals surface area contributed by atoms with Gasteiger partial charge in [0.1, 0.15) is 0 Å². The van der Waals surface area contributed by atoms with Crippen LogP contribution >= 0.6 is 11.6 Å². The summed E-state index contributed by atoms with van der Waals surface area (Å²) in [5.41, 5.74) is 6.83. The minimum atomic E-state index is -3.70. The number of nitrogen functional groups attached to an aromatic ring is 1. The van der Waals surface area contributed by atoms with E-state index in [4.69, 9.17) is 17.3 Å². The first kappa shape index (κ1) is 13.6. The molecule has 0 aliphatic heterocycles. The molecule has 3 N–H and O–H groups in total. The number of hydrogen-bond acceptors (Lipinski definition) is 4. The van der Waals surface area contributed by atoms with Gasteiger partial charge in [0, 0.05) is 12.4 Å². The van der Waals surface area contributed by atoms with Gasteiger partial charge in [0.2, 0.25) is 0 Å². The third-order valence-electron chi connectivity index (χ3n) is 2.52. The highest BCUT2D eigenvalue weighted by Gasteiger charge is 2.18. The first-order valence-electron chi connectivity index (χ1n) is 5.38. The third kappa shape index (κ3) is 2.97. The van der Waals surface area contributed by atoms with Crippen molar-refractivity contribution in [3.8, 4) is 0 Å². The summed E-state index contributed by atoms with van der Waals surface area (Å²) in [4.78, 5) is 3.92. The fourth-order valence-electron chi connectivity index (χ4n) is 1.59. The molecule has 0 saturated heterocycles. The van der Waals surface area contributed by atoms with Crippen molar-refractivity contribution in [2.75, 3.05) is 10.5 Å². The van der Waals surface area contributed by atoms with Crippen molar-refractivity contribution >= 4 is 33.0 Å². The van der Waals surface area contributed by atoms with E-state index >= 15 is 0 Å². The quantitative estimate of drug-likeness (QED) is 0.852. The number of nitrogens with two attached hydrogens (primary N) is 1. The summed E-state index contributed by atoms with van der Waals surface area (Å²) in [5.74, 6) is 0. The lowest BCUT2D eigenvalue weighted by atomic mass is 10.2. The molecule has 0 unspecified atom stereocenters. The Labute approximate surface area is 116 Å². The van der Waals surface area contributed by atoms with E-state index in [0.717, 1.165) is 0 Å². The summed E-state index contributed by atoms with van der Waals surface area (Å²) in [7, 11) is -3.70. The molecule has 2 rings (SSSR count). The SMILES string of the molecule is Cc1cc(Cl)c(N)cc1S(=O)(=O)Nc1ccncc1. The molecule has 7 heteroatoms. The number of halogens is 1. The standard InChI is InChI=1S/C12H12ClN3O2S/c1-8-6-10(13)11(14)7-12(8)19(17,18)16-9-2-4-15-5-3-9/h2-7H,14H2,1H3,(H,15,16). The third-order valence-corrected chi connectivity index (χ3v) is 4.37. The Morgan fingerprint density at radius 3 is 2.53 bits per heavy atom. The van der Waals surface area contributed by atoms with E-state index in [-0.39, 0.29) is 10.6 Å². The molecule has 0 spiro atoms. The van der Waals surface area contributed by atoms with Gasteiger partial charge in [-0.2, -0.15) is 0 Å². The Morgan fingerprint density at radius 2 is 1.89 bits per heavy atom. The predicted octanol–water partition coefficient (Wildman–Crippen LogP) is 2.43. The number of anilines is 2. The van der Waals surface area contributed by atoms with Crippen molar-refractivity contribution in [1.82, 2.24) is 4.98 Å².